The molecule has 5 heteroatoms. The molecular formula is C12H25N3O2. The number of methoxy groups -OCH3 is 1. The Labute approximate surface area is 104 Å². The van der Waals surface area contributed by atoms with Crippen molar-refractivity contribution >= 4 is 5.97 Å². The van der Waals surface area contributed by atoms with Crippen molar-refractivity contribution in [1.29, 1.82) is 0 Å². The first-order valence-corrected chi connectivity index (χ1v) is 6.22. The van der Waals surface area contributed by atoms with Crippen LogP contribution in [0.4, 0.5) is 0 Å². The van der Waals surface area contributed by atoms with E-state index in [1.807, 2.05) is 0 Å². The number of ether oxygens (including phenoxy) is 1. The Morgan fingerprint density at radius 2 is 2.29 bits per heavy atom. The Balaban J connectivity index is 2.50. The summed E-state index contributed by atoms with van der Waals surface area (Å²) in [5, 5.41) is 3.02. The number of hydrogen-bond acceptors (Lipinski definition) is 5. The summed E-state index contributed by atoms with van der Waals surface area (Å²) in [5.74, 6) is -0.178. The second kappa shape index (κ2) is 6.93. The molecule has 0 spiro atoms. The van der Waals surface area contributed by atoms with Crippen LogP contribution in [0.25, 0.3) is 0 Å². The first-order valence-electron chi connectivity index (χ1n) is 6.22. The Kier molecular flexibility index (Phi) is 5.88. The van der Waals surface area contributed by atoms with Crippen molar-refractivity contribution < 1.29 is 9.53 Å². The fourth-order valence-corrected chi connectivity index (χ4v) is 2.42. The van der Waals surface area contributed by atoms with Crippen LogP contribution >= 0.6 is 0 Å². The van der Waals surface area contributed by atoms with Gasteiger partial charge in [0.25, 0.3) is 0 Å². The molecule has 1 fully saturated rings. The second-order valence-electron chi connectivity index (χ2n) is 4.92. The van der Waals surface area contributed by atoms with Crippen LogP contribution in [0.1, 0.15) is 12.8 Å². The first kappa shape index (κ1) is 14.4. The van der Waals surface area contributed by atoms with Gasteiger partial charge in [-0.15, -0.1) is 0 Å². The van der Waals surface area contributed by atoms with Crippen molar-refractivity contribution in [3.05, 3.63) is 0 Å². The summed E-state index contributed by atoms with van der Waals surface area (Å²) < 4.78 is 4.79. The van der Waals surface area contributed by atoms with Crippen LogP contribution in [-0.4, -0.2) is 75.7 Å². The molecule has 1 rings (SSSR count). The Morgan fingerprint density at radius 1 is 1.59 bits per heavy atom. The third-order valence-electron chi connectivity index (χ3n) is 3.33. The van der Waals surface area contributed by atoms with Crippen molar-refractivity contribution in [3.8, 4) is 0 Å². The van der Waals surface area contributed by atoms with Gasteiger partial charge in [-0.05, 0) is 40.5 Å². The summed E-state index contributed by atoms with van der Waals surface area (Å²) in [6, 6.07) is 0.341. The van der Waals surface area contributed by atoms with Crippen LogP contribution in [0, 0.1) is 0 Å². The number of carbonyl (C=O) groups is 1. The van der Waals surface area contributed by atoms with Crippen LogP contribution in [0.3, 0.4) is 0 Å². The second-order valence-corrected chi connectivity index (χ2v) is 4.92. The van der Waals surface area contributed by atoms with Gasteiger partial charge in [-0.2, -0.15) is 0 Å². The lowest BCUT2D eigenvalue weighted by molar-refractivity contribution is -0.143. The molecule has 5 nitrogen and oxygen atoms in total. The number of hydrogen-bond donors (Lipinski definition) is 1. The van der Waals surface area contributed by atoms with Crippen molar-refractivity contribution in [2.45, 2.75) is 24.9 Å². The highest BCUT2D eigenvalue weighted by Crippen LogP contribution is 2.18. The molecule has 0 aromatic heterocycles. The Bertz CT molecular complexity index is 246. The average Bonchev–Trinajstić information content (AvgIpc) is 2.71. The van der Waals surface area contributed by atoms with E-state index in [4.69, 9.17) is 4.74 Å². The minimum atomic E-state index is -0.220. The lowest BCUT2D eigenvalue weighted by Crippen LogP contribution is -2.48. The standard InChI is InChI=1S/C12H25N3O2/c1-13-11(12(16)17-4)9-15-7-5-6-10(15)8-14(2)3/h10-11,13H,5-9H2,1-4H3. The van der Waals surface area contributed by atoms with Crippen molar-refractivity contribution in [1.82, 2.24) is 15.1 Å². The zero-order valence-corrected chi connectivity index (χ0v) is 11.4. The molecule has 0 aliphatic carbocycles. The first-order chi connectivity index (χ1) is 8.08. The number of nitrogens with one attached hydrogen (secondary N) is 1. The molecule has 2 atom stereocenters. The predicted octanol–water partition coefficient (Wildman–Crippen LogP) is -0.227. The number of rotatable bonds is 6. The van der Waals surface area contributed by atoms with E-state index in [9.17, 15) is 4.79 Å². The fourth-order valence-electron chi connectivity index (χ4n) is 2.42. The molecule has 1 aliphatic rings. The zero-order chi connectivity index (χ0) is 12.8. The number of likely N-dealkylation sites (tertiary alicyclic amines) is 1. The number of nitrogens with zero attached hydrogens (tertiary/aromatic N) is 2. The van der Waals surface area contributed by atoms with E-state index < -0.39 is 0 Å². The van der Waals surface area contributed by atoms with Gasteiger partial charge in [0.05, 0.1) is 7.11 Å². The largest absolute Gasteiger partial charge is 0.468 e. The smallest absolute Gasteiger partial charge is 0.324 e. The molecular weight excluding hydrogens is 218 g/mol. The molecule has 1 saturated heterocycles. The highest BCUT2D eigenvalue weighted by Gasteiger charge is 2.29. The molecule has 1 heterocycles. The maximum Gasteiger partial charge on any atom is 0.324 e. The van der Waals surface area contributed by atoms with Gasteiger partial charge in [0.1, 0.15) is 6.04 Å². The molecule has 0 radical (unpaired) electrons. The number of likely N-dealkylation sites (N-methyl/N-ethyl adjacent to an activating group) is 2. The summed E-state index contributed by atoms with van der Waals surface area (Å²) in [4.78, 5) is 16.1. The summed E-state index contributed by atoms with van der Waals surface area (Å²) in [6.45, 7) is 2.87. The molecule has 0 amide bonds. The SMILES string of the molecule is CNC(CN1CCCC1CN(C)C)C(=O)OC. The molecule has 0 aromatic carbocycles. The summed E-state index contributed by atoms with van der Waals surface area (Å²) in [6.07, 6.45) is 2.44. The molecule has 1 aliphatic heterocycles. The highest BCUT2D eigenvalue weighted by molar-refractivity contribution is 5.75. The molecule has 17 heavy (non-hydrogen) atoms. The topological polar surface area (TPSA) is 44.8 Å². The van der Waals surface area contributed by atoms with Gasteiger partial charge in [-0.25, -0.2) is 0 Å². The molecule has 0 saturated carbocycles. The summed E-state index contributed by atoms with van der Waals surface area (Å²) in [7, 11) is 7.42. The molecule has 0 aromatic rings. The fraction of sp³-hybridized carbons (Fsp3) is 0.917. The molecule has 1 N–H and O–H groups in total. The molecule has 2 unspecified atom stereocenters. The van der Waals surface area contributed by atoms with E-state index in [1.165, 1.54) is 20.0 Å². The van der Waals surface area contributed by atoms with Crippen molar-refractivity contribution in [2.75, 3.05) is 47.9 Å². The molecule has 100 valence electrons. The molecule has 0 bridgehead atoms. The predicted molar refractivity (Wildman–Crippen MR) is 68.0 cm³/mol. The minimum Gasteiger partial charge on any atom is -0.468 e. The highest BCUT2D eigenvalue weighted by atomic mass is 16.5. The van der Waals surface area contributed by atoms with Crippen molar-refractivity contribution in [2.24, 2.45) is 0 Å². The van der Waals surface area contributed by atoms with Crippen molar-refractivity contribution in [3.63, 3.8) is 0 Å². The van der Waals surface area contributed by atoms with Gasteiger partial charge in [0.2, 0.25) is 0 Å². The van der Waals surface area contributed by atoms with Crippen LogP contribution in [0.5, 0.6) is 0 Å². The zero-order valence-electron chi connectivity index (χ0n) is 11.4. The number of esters is 1. The summed E-state index contributed by atoms with van der Waals surface area (Å²) in [5.41, 5.74) is 0. The van der Waals surface area contributed by atoms with Crippen LogP contribution in [0.2, 0.25) is 0 Å². The van der Waals surface area contributed by atoms with Crippen LogP contribution < -0.4 is 5.32 Å². The van der Waals surface area contributed by atoms with Gasteiger partial charge < -0.3 is 15.0 Å². The van der Waals surface area contributed by atoms with Gasteiger partial charge in [0.15, 0.2) is 0 Å². The maximum absolute atomic E-state index is 11.5. The Morgan fingerprint density at radius 3 is 2.82 bits per heavy atom. The Hall–Kier alpha value is -0.650. The lowest BCUT2D eigenvalue weighted by Gasteiger charge is -2.29. The minimum absolute atomic E-state index is 0.178. The maximum atomic E-state index is 11.5. The van der Waals surface area contributed by atoms with Crippen LogP contribution in [-0.2, 0) is 9.53 Å². The van der Waals surface area contributed by atoms with Crippen LogP contribution in [0.15, 0.2) is 0 Å². The van der Waals surface area contributed by atoms with E-state index in [0.717, 1.165) is 19.6 Å². The third kappa shape index (κ3) is 4.26. The van der Waals surface area contributed by atoms with E-state index in [1.54, 1.807) is 7.05 Å². The van der Waals surface area contributed by atoms with Gasteiger partial charge in [-0.1, -0.05) is 0 Å². The third-order valence-corrected chi connectivity index (χ3v) is 3.33. The van der Waals surface area contributed by atoms with E-state index >= 15 is 0 Å². The quantitative estimate of drug-likeness (QED) is 0.653. The summed E-state index contributed by atoms with van der Waals surface area (Å²) >= 11 is 0. The average molecular weight is 243 g/mol. The van der Waals surface area contributed by atoms with Gasteiger partial charge >= 0.3 is 5.97 Å². The van der Waals surface area contributed by atoms with E-state index in [0.29, 0.717) is 6.04 Å². The van der Waals surface area contributed by atoms with E-state index in [2.05, 4.69) is 29.2 Å². The lowest BCUT2D eigenvalue weighted by atomic mass is 10.2. The van der Waals surface area contributed by atoms with E-state index in [-0.39, 0.29) is 12.0 Å². The van der Waals surface area contributed by atoms with Gasteiger partial charge in [0, 0.05) is 19.1 Å². The van der Waals surface area contributed by atoms with Gasteiger partial charge in [-0.3, -0.25) is 9.69 Å². The number of carbonyl (C=O) groups excluding carboxylic acids is 1. The normalized spacial score (nSPS) is 23.0. The monoisotopic (exact) mass is 243 g/mol.